The molecule has 0 N–H and O–H groups in total. The summed E-state index contributed by atoms with van der Waals surface area (Å²) in [5, 5.41) is 6.74. The Hall–Kier alpha value is -0.960. The predicted molar refractivity (Wildman–Crippen MR) is 109 cm³/mol. The molecule has 3 aromatic heterocycles. The molecule has 126 valence electrons. The van der Waals surface area contributed by atoms with Gasteiger partial charge in [-0.3, -0.25) is 4.99 Å². The van der Waals surface area contributed by atoms with E-state index in [2.05, 4.69) is 38.5 Å². The molecule has 1 aliphatic rings. The van der Waals surface area contributed by atoms with Crippen LogP contribution in [-0.2, 0) is 0 Å². The van der Waals surface area contributed by atoms with Gasteiger partial charge < -0.3 is 4.42 Å². The lowest BCUT2D eigenvalue weighted by Gasteiger charge is -2.00. The van der Waals surface area contributed by atoms with Crippen LogP contribution in [0.1, 0.15) is 24.4 Å². The smallest absolute Gasteiger partial charge is 0.206 e. The van der Waals surface area contributed by atoms with Crippen molar-refractivity contribution in [2.45, 2.75) is 25.8 Å². The molecule has 0 amide bonds. The van der Waals surface area contributed by atoms with E-state index in [1.807, 2.05) is 23.7 Å². The van der Waals surface area contributed by atoms with Gasteiger partial charge in [0.25, 0.3) is 0 Å². The van der Waals surface area contributed by atoms with Crippen molar-refractivity contribution in [1.82, 2.24) is 4.68 Å². The number of rotatable bonds is 4. The van der Waals surface area contributed by atoms with E-state index in [9.17, 15) is 0 Å². The maximum absolute atomic E-state index is 5.57. The summed E-state index contributed by atoms with van der Waals surface area (Å²) >= 11 is 6.85. The van der Waals surface area contributed by atoms with Crippen molar-refractivity contribution in [2.24, 2.45) is 10.1 Å². The lowest BCUT2D eigenvalue weighted by molar-refractivity contribution is 0.527. The Morgan fingerprint density at radius 3 is 2.75 bits per heavy atom. The fraction of sp³-hybridized carbons (Fsp3) is 0.250. The molecule has 0 unspecified atom stereocenters. The number of aryl methyl sites for hydroxylation is 1. The number of aromatic nitrogens is 1. The quantitative estimate of drug-likeness (QED) is 0.449. The number of halogens is 2. The Balaban J connectivity index is 0.00000169. The van der Waals surface area contributed by atoms with Crippen molar-refractivity contribution in [1.29, 1.82) is 0 Å². The number of hydrogen-bond donors (Lipinski definition) is 0. The van der Waals surface area contributed by atoms with E-state index in [-0.39, 0.29) is 17.0 Å². The molecule has 8 heteroatoms. The van der Waals surface area contributed by atoms with E-state index in [0.717, 1.165) is 30.7 Å². The summed E-state index contributed by atoms with van der Waals surface area (Å²) in [5.74, 6) is 1.63. The van der Waals surface area contributed by atoms with Crippen LogP contribution in [0.15, 0.2) is 47.9 Å². The highest BCUT2D eigenvalue weighted by atomic mass is 79.9. The molecule has 1 saturated carbocycles. The summed E-state index contributed by atoms with van der Waals surface area (Å²) in [7, 11) is 0. The first kappa shape index (κ1) is 17.8. The fourth-order valence-corrected chi connectivity index (χ4v) is 4.48. The molecule has 0 bridgehead atoms. The summed E-state index contributed by atoms with van der Waals surface area (Å²) in [5.41, 5.74) is 1.06. The Morgan fingerprint density at radius 2 is 2.12 bits per heavy atom. The van der Waals surface area contributed by atoms with E-state index < -0.39 is 0 Å². The molecule has 0 radical (unpaired) electrons. The van der Waals surface area contributed by atoms with Gasteiger partial charge in [0.2, 0.25) is 4.80 Å². The van der Waals surface area contributed by atoms with Gasteiger partial charge in [0.05, 0.1) is 26.6 Å². The van der Waals surface area contributed by atoms with Gasteiger partial charge >= 0.3 is 0 Å². The van der Waals surface area contributed by atoms with Gasteiger partial charge in [0.15, 0.2) is 0 Å². The van der Waals surface area contributed by atoms with Crippen molar-refractivity contribution in [3.05, 3.63) is 49.8 Å². The van der Waals surface area contributed by atoms with Crippen LogP contribution >= 0.6 is 55.6 Å². The second-order valence-corrected chi connectivity index (χ2v) is 8.67. The molecular formula is C16H15Br2N3OS2. The standard InChI is InChI=1S/C16H14BrN3OS2.BrH/c1-10-2-5-12(21-10)8-18-20-13(14-6-7-15(17)23-14)9-22-16(20)19-11-3-4-11;/h2,5-9,11H,3-4H2,1H3;1H. The molecule has 4 rings (SSSR count). The van der Waals surface area contributed by atoms with Crippen molar-refractivity contribution >= 4 is 61.8 Å². The van der Waals surface area contributed by atoms with Gasteiger partial charge in [-0.05, 0) is 60.0 Å². The van der Waals surface area contributed by atoms with Gasteiger partial charge in [0, 0.05) is 5.38 Å². The van der Waals surface area contributed by atoms with E-state index in [0.29, 0.717) is 6.04 Å². The van der Waals surface area contributed by atoms with Gasteiger partial charge in [-0.2, -0.15) is 5.10 Å². The molecule has 0 aliphatic heterocycles. The number of nitrogens with zero attached hydrogens (tertiary/aromatic N) is 3. The van der Waals surface area contributed by atoms with Crippen molar-refractivity contribution in [3.63, 3.8) is 0 Å². The zero-order valence-corrected chi connectivity index (χ0v) is 17.7. The first-order valence-electron chi connectivity index (χ1n) is 7.30. The van der Waals surface area contributed by atoms with Crippen LogP contribution in [0.3, 0.4) is 0 Å². The summed E-state index contributed by atoms with van der Waals surface area (Å²) in [6.07, 6.45) is 4.11. The van der Waals surface area contributed by atoms with Gasteiger partial charge in [-0.15, -0.1) is 39.7 Å². The van der Waals surface area contributed by atoms with Gasteiger partial charge in [-0.1, -0.05) is 0 Å². The monoisotopic (exact) mass is 487 g/mol. The van der Waals surface area contributed by atoms with Gasteiger partial charge in [-0.25, -0.2) is 4.68 Å². The normalized spacial score (nSPS) is 15.2. The molecule has 4 nitrogen and oxygen atoms in total. The second kappa shape index (κ2) is 7.51. The minimum Gasteiger partial charge on any atom is -0.460 e. The Morgan fingerprint density at radius 1 is 1.29 bits per heavy atom. The fourth-order valence-electron chi connectivity index (χ4n) is 2.12. The van der Waals surface area contributed by atoms with E-state index >= 15 is 0 Å². The summed E-state index contributed by atoms with van der Waals surface area (Å²) < 4.78 is 8.59. The number of thiazole rings is 1. The zero-order chi connectivity index (χ0) is 15.8. The highest BCUT2D eigenvalue weighted by Gasteiger charge is 2.21. The molecule has 0 aromatic carbocycles. The van der Waals surface area contributed by atoms with Crippen LogP contribution in [-0.4, -0.2) is 16.9 Å². The van der Waals surface area contributed by atoms with Crippen molar-refractivity contribution in [3.8, 4) is 10.6 Å². The molecule has 0 saturated heterocycles. The molecule has 3 heterocycles. The molecular weight excluding hydrogens is 474 g/mol. The van der Waals surface area contributed by atoms with E-state index in [1.165, 1.54) is 12.8 Å². The number of thiophene rings is 1. The SMILES string of the molecule is Br.Cc1ccc(C=Nn2c(-c3ccc(Br)s3)csc2=NC2CC2)o1. The van der Waals surface area contributed by atoms with Crippen LogP contribution < -0.4 is 4.80 Å². The lowest BCUT2D eigenvalue weighted by atomic mass is 10.4. The first-order chi connectivity index (χ1) is 11.2. The minimum absolute atomic E-state index is 0. The van der Waals surface area contributed by atoms with Gasteiger partial charge in [0.1, 0.15) is 11.5 Å². The maximum Gasteiger partial charge on any atom is 0.206 e. The van der Waals surface area contributed by atoms with E-state index in [1.54, 1.807) is 28.9 Å². The van der Waals surface area contributed by atoms with E-state index in [4.69, 9.17) is 9.41 Å². The van der Waals surface area contributed by atoms with Crippen molar-refractivity contribution in [2.75, 3.05) is 0 Å². The Bertz CT molecular complexity index is 931. The summed E-state index contributed by atoms with van der Waals surface area (Å²) in [6, 6.07) is 8.47. The summed E-state index contributed by atoms with van der Waals surface area (Å²) in [4.78, 5) is 6.87. The van der Waals surface area contributed by atoms with Crippen LogP contribution in [0.5, 0.6) is 0 Å². The maximum atomic E-state index is 5.57. The Labute approximate surface area is 166 Å². The molecule has 0 atom stereocenters. The van der Waals surface area contributed by atoms with Crippen LogP contribution in [0, 0.1) is 6.92 Å². The molecule has 24 heavy (non-hydrogen) atoms. The molecule has 0 spiro atoms. The minimum atomic E-state index is 0. The topological polar surface area (TPSA) is 42.8 Å². The average molecular weight is 489 g/mol. The highest BCUT2D eigenvalue weighted by Crippen LogP contribution is 2.32. The summed E-state index contributed by atoms with van der Waals surface area (Å²) in [6.45, 7) is 1.93. The number of hydrogen-bond acceptors (Lipinski definition) is 5. The first-order valence-corrected chi connectivity index (χ1v) is 9.79. The third kappa shape index (κ3) is 3.99. The highest BCUT2D eigenvalue weighted by molar-refractivity contribution is 9.11. The lowest BCUT2D eigenvalue weighted by Crippen LogP contribution is -2.12. The average Bonchev–Trinajstić information content (AvgIpc) is 2.90. The number of furan rings is 1. The zero-order valence-electron chi connectivity index (χ0n) is 12.8. The van der Waals surface area contributed by atoms with Crippen LogP contribution in [0.2, 0.25) is 0 Å². The molecule has 1 fully saturated rings. The van der Waals surface area contributed by atoms with Crippen LogP contribution in [0.25, 0.3) is 10.6 Å². The van der Waals surface area contributed by atoms with Crippen molar-refractivity contribution < 1.29 is 4.42 Å². The van der Waals surface area contributed by atoms with Crippen LogP contribution in [0.4, 0.5) is 0 Å². The third-order valence-corrected chi connectivity index (χ3v) is 5.89. The largest absolute Gasteiger partial charge is 0.460 e. The third-order valence-electron chi connectivity index (χ3n) is 3.41. The predicted octanol–water partition coefficient (Wildman–Crippen LogP) is 5.47. The Kier molecular flexibility index (Phi) is 5.59. The molecule has 3 aromatic rings. The molecule has 1 aliphatic carbocycles. The second-order valence-electron chi connectivity index (χ2n) is 5.37.